The van der Waals surface area contributed by atoms with Gasteiger partial charge in [-0.3, -0.25) is 5.50 Å². The van der Waals surface area contributed by atoms with Crippen LogP contribution in [0.5, 0.6) is 0 Å². The van der Waals surface area contributed by atoms with Gasteiger partial charge in [0, 0.05) is 0 Å². The van der Waals surface area contributed by atoms with E-state index in [1.54, 1.807) is 0 Å². The first-order chi connectivity index (χ1) is 1.73. The van der Waals surface area contributed by atoms with Crippen LogP contribution in [0.25, 0.3) is 0 Å². The summed E-state index contributed by atoms with van der Waals surface area (Å²) in [5.41, 5.74) is 3.84. The van der Waals surface area contributed by atoms with Crippen LogP contribution < -0.4 is 5.50 Å². The molecule has 0 spiro atoms. The van der Waals surface area contributed by atoms with Crippen molar-refractivity contribution in [3.05, 3.63) is 0 Å². The zero-order valence-electron chi connectivity index (χ0n) is 1.78. The summed E-state index contributed by atoms with van der Waals surface area (Å²) in [5, 5.41) is 0. The molecule has 0 saturated carbocycles. The lowest BCUT2D eigenvalue weighted by atomic mass is 13.9. The van der Waals surface area contributed by atoms with E-state index in [2.05, 4.69) is 5.50 Å². The molecule has 0 heterocycles. The van der Waals surface area contributed by atoms with Crippen molar-refractivity contribution in [3.8, 4) is 0 Å². The molecule has 0 atom stereocenters. The van der Waals surface area contributed by atoms with E-state index in [0.717, 1.165) is 0 Å². The molecule has 0 amide bonds. The van der Waals surface area contributed by atoms with E-state index in [0.29, 0.717) is 0 Å². The lowest BCUT2D eigenvalue weighted by Gasteiger charge is -1.68. The summed E-state index contributed by atoms with van der Waals surface area (Å²) in [6.07, 6.45) is 0. The largest absolute Gasteiger partial charge is 0.340 e. The highest BCUT2D eigenvalue weighted by molar-refractivity contribution is 7.43. The molecular weight excluding hydrogens is 83.0 g/mol. The first-order valence-corrected chi connectivity index (χ1v) is 1.79. The highest BCUT2D eigenvalue weighted by Gasteiger charge is 1.82. The fourth-order valence-corrected chi connectivity index (χ4v) is 0. The van der Waals surface area contributed by atoms with Crippen LogP contribution in [0.3, 0.4) is 0 Å². The van der Waals surface area contributed by atoms with E-state index in [1.807, 2.05) is 0 Å². The minimum absolute atomic E-state index is 3.12. The Balaban J connectivity index is 2.32. The highest BCUT2D eigenvalue weighted by Crippen LogP contribution is 2.26. The summed E-state index contributed by atoms with van der Waals surface area (Å²) < 4.78 is 20.4. The lowest BCUT2D eigenvalue weighted by Crippen LogP contribution is -1.66. The molecule has 0 aliphatic heterocycles. The standard InChI is InChI=1S/F2H2NP/c1-4(2)3/h3H2. The summed E-state index contributed by atoms with van der Waals surface area (Å²) in [4.78, 5) is 0. The minimum atomic E-state index is -3.12. The van der Waals surface area contributed by atoms with Crippen LogP contribution in [0.15, 0.2) is 0 Å². The molecule has 0 radical (unpaired) electrons. The van der Waals surface area contributed by atoms with Crippen LogP contribution in [-0.4, -0.2) is 0 Å². The highest BCUT2D eigenvalue weighted by atomic mass is 31.2. The smallest absolute Gasteiger partial charge is 0.257 e. The number of rotatable bonds is 0. The molecule has 4 heteroatoms. The topological polar surface area (TPSA) is 26.0 Å². The van der Waals surface area contributed by atoms with Gasteiger partial charge in [-0.25, -0.2) is 0 Å². The van der Waals surface area contributed by atoms with Gasteiger partial charge in [-0.2, -0.15) is 8.39 Å². The first-order valence-electron chi connectivity index (χ1n) is 0.596. The van der Waals surface area contributed by atoms with Crippen molar-refractivity contribution in [3.63, 3.8) is 0 Å². The quantitative estimate of drug-likeness (QED) is 0.438. The van der Waals surface area contributed by atoms with Crippen molar-refractivity contribution < 1.29 is 8.39 Å². The first kappa shape index (κ1) is 4.25. The van der Waals surface area contributed by atoms with E-state index in [4.69, 9.17) is 0 Å². The molecule has 0 saturated heterocycles. The third-order valence-corrected chi connectivity index (χ3v) is 0. The Hall–Kier alpha value is 0.250. The monoisotopic (exact) mass is 85.0 g/mol. The van der Waals surface area contributed by atoms with Crippen LogP contribution in [-0.2, 0) is 0 Å². The number of hydrogen-bond donors (Lipinski definition) is 1. The maximum absolute atomic E-state index is 10.2. The summed E-state index contributed by atoms with van der Waals surface area (Å²) in [7, 11) is -3.12. The number of halogens is 2. The molecule has 0 aromatic carbocycles. The Kier molecular flexibility index (Phi) is 1.66. The van der Waals surface area contributed by atoms with Gasteiger partial charge in [-0.15, -0.1) is 0 Å². The lowest BCUT2D eigenvalue weighted by molar-refractivity contribution is 0.747. The SMILES string of the molecule is NP(F)F. The molecule has 26 valence electrons. The third kappa shape index (κ3) is 56.2. The molecule has 4 heavy (non-hydrogen) atoms. The van der Waals surface area contributed by atoms with Gasteiger partial charge in [-0.1, -0.05) is 0 Å². The van der Waals surface area contributed by atoms with Gasteiger partial charge < -0.3 is 0 Å². The van der Waals surface area contributed by atoms with Crippen molar-refractivity contribution >= 4 is 8.69 Å². The molecule has 2 N–H and O–H groups in total. The second-order valence-electron chi connectivity index (χ2n) is 0.259. The van der Waals surface area contributed by atoms with E-state index >= 15 is 0 Å². The fraction of sp³-hybridized carbons (Fsp3) is 0. The van der Waals surface area contributed by atoms with Gasteiger partial charge in [0.15, 0.2) is 0 Å². The van der Waals surface area contributed by atoms with E-state index in [-0.39, 0.29) is 0 Å². The second-order valence-corrected chi connectivity index (χ2v) is 0.777. The van der Waals surface area contributed by atoms with Crippen molar-refractivity contribution in [2.45, 2.75) is 0 Å². The Morgan fingerprint density at radius 1 is 1.50 bits per heavy atom. The molecule has 0 rings (SSSR count). The Morgan fingerprint density at radius 3 is 1.50 bits per heavy atom. The average molecular weight is 85.0 g/mol. The van der Waals surface area contributed by atoms with Crippen molar-refractivity contribution in [1.82, 2.24) is 0 Å². The molecular formula is H2F2NP. The molecule has 0 fully saturated rings. The predicted molar refractivity (Wildman–Crippen MR) is 13.3 cm³/mol. The van der Waals surface area contributed by atoms with Crippen molar-refractivity contribution in [2.75, 3.05) is 0 Å². The second kappa shape index (κ2) is 1.56. The zero-order valence-corrected chi connectivity index (χ0v) is 2.67. The van der Waals surface area contributed by atoms with E-state index < -0.39 is 8.69 Å². The van der Waals surface area contributed by atoms with Gasteiger partial charge >= 0.3 is 8.69 Å². The molecule has 0 aliphatic rings. The third-order valence-electron chi connectivity index (χ3n) is 0. The molecule has 0 aromatic heterocycles. The van der Waals surface area contributed by atoms with Crippen LogP contribution in [0, 0.1) is 0 Å². The van der Waals surface area contributed by atoms with Crippen LogP contribution in [0.4, 0.5) is 8.39 Å². The van der Waals surface area contributed by atoms with Crippen molar-refractivity contribution in [1.29, 1.82) is 0 Å². The van der Waals surface area contributed by atoms with Gasteiger partial charge in [-0.05, 0) is 0 Å². The van der Waals surface area contributed by atoms with Crippen molar-refractivity contribution in [2.24, 2.45) is 5.50 Å². The van der Waals surface area contributed by atoms with Crippen LogP contribution >= 0.6 is 8.69 Å². The van der Waals surface area contributed by atoms with Gasteiger partial charge in [0.25, 0.3) is 0 Å². The minimum Gasteiger partial charge on any atom is -0.257 e. The summed E-state index contributed by atoms with van der Waals surface area (Å²) in [6, 6.07) is 0. The van der Waals surface area contributed by atoms with Gasteiger partial charge in [0.2, 0.25) is 0 Å². The van der Waals surface area contributed by atoms with Gasteiger partial charge in [0.1, 0.15) is 0 Å². The fourth-order valence-electron chi connectivity index (χ4n) is 0. The maximum Gasteiger partial charge on any atom is 0.340 e. The van der Waals surface area contributed by atoms with E-state index in [9.17, 15) is 8.39 Å². The molecule has 0 aliphatic carbocycles. The van der Waals surface area contributed by atoms with E-state index in [1.165, 1.54) is 0 Å². The Bertz CT molecular complexity index is 10.8. The Labute approximate surface area is 23.8 Å². The Morgan fingerprint density at radius 2 is 1.50 bits per heavy atom. The predicted octanol–water partition coefficient (Wildman–Crippen LogP) is 1.11. The summed E-state index contributed by atoms with van der Waals surface area (Å²) >= 11 is 0. The van der Waals surface area contributed by atoms with Crippen LogP contribution in [0.1, 0.15) is 0 Å². The molecule has 0 unspecified atom stereocenters. The van der Waals surface area contributed by atoms with Gasteiger partial charge in [0.05, 0.1) is 0 Å². The molecule has 0 aromatic rings. The number of hydrogen-bond acceptors (Lipinski definition) is 1. The normalized spacial score (nSPS) is 9.00. The zero-order chi connectivity index (χ0) is 3.58. The maximum atomic E-state index is 10.2. The van der Waals surface area contributed by atoms with Crippen LogP contribution in [0.2, 0.25) is 0 Å². The summed E-state index contributed by atoms with van der Waals surface area (Å²) in [6.45, 7) is 0. The molecule has 1 nitrogen and oxygen atoms in total. The number of nitrogens with two attached hydrogens (primary N) is 1. The molecule has 0 bridgehead atoms. The summed E-state index contributed by atoms with van der Waals surface area (Å²) in [5.74, 6) is 0. The average Bonchev–Trinajstić information content (AvgIpc) is 0.811.